The van der Waals surface area contributed by atoms with E-state index in [1.54, 1.807) is 35.0 Å². The number of aliphatic imine (C=N–C) groups is 1. The van der Waals surface area contributed by atoms with Gasteiger partial charge in [-0.3, -0.25) is 9.69 Å². The number of methoxy groups -OCH3 is 1. The Morgan fingerprint density at radius 2 is 1.58 bits per heavy atom. The molecule has 0 unspecified atom stereocenters. The first-order valence-electron chi connectivity index (χ1n) is 16.1. The van der Waals surface area contributed by atoms with Crippen molar-refractivity contribution in [2.45, 2.75) is 0 Å². The number of nitrogens with one attached hydrogen (secondary N) is 1. The molecule has 2 aliphatic rings. The molecule has 2 N–H and O–H groups in total. The highest BCUT2D eigenvalue weighted by Crippen LogP contribution is 2.36. The van der Waals surface area contributed by atoms with Crippen LogP contribution in [-0.4, -0.2) is 128 Å². The van der Waals surface area contributed by atoms with Gasteiger partial charge in [-0.05, 0) is 43.4 Å². The summed E-state index contributed by atoms with van der Waals surface area (Å²) in [5, 5.41) is 15.7. The molecule has 1 aromatic heterocycles. The van der Waals surface area contributed by atoms with Gasteiger partial charge in [0.05, 0.1) is 41.7 Å². The van der Waals surface area contributed by atoms with Crippen LogP contribution in [0.5, 0.6) is 5.88 Å². The number of anilines is 1. The highest BCUT2D eigenvalue weighted by Gasteiger charge is 2.29. The third kappa shape index (κ3) is 6.82. The first-order chi connectivity index (χ1) is 23.2. The van der Waals surface area contributed by atoms with Crippen LogP contribution >= 0.6 is 0 Å². The maximum atomic E-state index is 13.9. The summed E-state index contributed by atoms with van der Waals surface area (Å²) in [7, 11) is 5.16. The van der Waals surface area contributed by atoms with Crippen molar-refractivity contribution in [2.75, 3.05) is 85.0 Å². The van der Waals surface area contributed by atoms with Crippen molar-refractivity contribution in [3.63, 3.8) is 0 Å². The molecule has 0 saturated carbocycles. The molecule has 6 rings (SSSR count). The van der Waals surface area contributed by atoms with Gasteiger partial charge in [-0.2, -0.15) is 0 Å². The fraction of sp³-hybridized carbons (Fsp3) is 0.333. The number of amides is 2. The molecule has 48 heavy (non-hydrogen) atoms. The van der Waals surface area contributed by atoms with Crippen LogP contribution in [0.1, 0.15) is 21.5 Å². The monoisotopic (exact) mass is 651 g/mol. The number of benzene rings is 3. The molecule has 2 fully saturated rings. The maximum Gasteiger partial charge on any atom is 0.337 e. The third-order valence-electron chi connectivity index (χ3n) is 9.03. The molecule has 0 spiro atoms. The van der Waals surface area contributed by atoms with Gasteiger partial charge in [0.1, 0.15) is 0 Å². The van der Waals surface area contributed by atoms with Crippen molar-refractivity contribution >= 4 is 45.9 Å². The van der Waals surface area contributed by atoms with Crippen molar-refractivity contribution in [2.24, 2.45) is 4.99 Å². The molecular formula is C36H41N7O5. The molecule has 0 aliphatic carbocycles. The van der Waals surface area contributed by atoms with Crippen LogP contribution in [0.15, 0.2) is 77.8 Å². The number of likely N-dealkylation sites (N-methyl/N-ethyl adjacent to an activating group) is 2. The molecule has 12 nitrogen and oxygen atoms in total. The Bertz CT molecular complexity index is 1820. The van der Waals surface area contributed by atoms with Crippen LogP contribution in [0.2, 0.25) is 0 Å². The molecular weight excluding hydrogens is 610 g/mol. The maximum absolute atomic E-state index is 13.9. The zero-order valence-corrected chi connectivity index (χ0v) is 27.6. The molecule has 250 valence electrons. The number of rotatable bonds is 7. The minimum Gasteiger partial charge on any atom is -0.494 e. The highest BCUT2D eigenvalue weighted by molar-refractivity contribution is 6.23. The van der Waals surface area contributed by atoms with E-state index in [0.29, 0.717) is 60.6 Å². The van der Waals surface area contributed by atoms with Crippen molar-refractivity contribution in [3.05, 3.63) is 89.5 Å². The molecule has 2 saturated heterocycles. The summed E-state index contributed by atoms with van der Waals surface area (Å²) in [4.78, 5) is 52.3. The third-order valence-corrected chi connectivity index (χ3v) is 9.03. The summed E-state index contributed by atoms with van der Waals surface area (Å²) in [5.41, 5.74) is 3.49. The summed E-state index contributed by atoms with van der Waals surface area (Å²) >= 11 is 0. The van der Waals surface area contributed by atoms with Crippen molar-refractivity contribution in [1.29, 1.82) is 0 Å². The van der Waals surface area contributed by atoms with Crippen molar-refractivity contribution < 1.29 is 24.2 Å². The number of carbonyl (C=O) groups excluding carboxylic acids is 3. The number of nitrogens with zero attached hydrogens (tertiary/aromatic N) is 6. The van der Waals surface area contributed by atoms with Gasteiger partial charge in [-0.25, -0.2) is 19.1 Å². The second-order valence-electron chi connectivity index (χ2n) is 12.2. The van der Waals surface area contributed by atoms with Crippen LogP contribution in [0.4, 0.5) is 16.2 Å². The lowest BCUT2D eigenvalue weighted by molar-refractivity contribution is -0.119. The lowest BCUT2D eigenvalue weighted by Gasteiger charge is -2.32. The molecule has 2 aliphatic heterocycles. The molecule has 3 aromatic carbocycles. The lowest BCUT2D eigenvalue weighted by atomic mass is 10.00. The van der Waals surface area contributed by atoms with Gasteiger partial charge < -0.3 is 29.9 Å². The number of hydrogen-bond donors (Lipinski definition) is 2. The van der Waals surface area contributed by atoms with Crippen LogP contribution in [0.25, 0.3) is 10.9 Å². The van der Waals surface area contributed by atoms with Gasteiger partial charge >= 0.3 is 12.0 Å². The minimum atomic E-state index is -0.552. The van der Waals surface area contributed by atoms with Gasteiger partial charge in [0.15, 0.2) is 0 Å². The zero-order chi connectivity index (χ0) is 33.8. The largest absolute Gasteiger partial charge is 0.494 e. The summed E-state index contributed by atoms with van der Waals surface area (Å²) in [6.07, 6.45) is 0. The van der Waals surface area contributed by atoms with E-state index in [2.05, 4.69) is 22.2 Å². The predicted molar refractivity (Wildman–Crippen MR) is 186 cm³/mol. The van der Waals surface area contributed by atoms with Crippen LogP contribution in [-0.2, 0) is 9.53 Å². The van der Waals surface area contributed by atoms with Gasteiger partial charge in [0.25, 0.3) is 0 Å². The van der Waals surface area contributed by atoms with Gasteiger partial charge in [-0.15, -0.1) is 0 Å². The number of esters is 1. The Balaban J connectivity index is 1.39. The van der Waals surface area contributed by atoms with Crippen molar-refractivity contribution in [3.8, 4) is 5.88 Å². The molecule has 12 heteroatoms. The number of aromatic nitrogens is 1. The smallest absolute Gasteiger partial charge is 0.337 e. The minimum absolute atomic E-state index is 0.0130. The molecule has 2 amide bonds. The SMILES string of the molecule is COC(=O)c1ccc2c(C(=Nc3ccc(N(C)C(=O)CN4CCN(C)CC4)cc3)c3ccccc3)c(O)n(C(=O)N3CCNCC3)c2c1. The van der Waals surface area contributed by atoms with Crippen molar-refractivity contribution in [1.82, 2.24) is 24.6 Å². The van der Waals surface area contributed by atoms with E-state index in [4.69, 9.17) is 9.73 Å². The normalized spacial score (nSPS) is 16.2. The Morgan fingerprint density at radius 3 is 2.25 bits per heavy atom. The zero-order valence-electron chi connectivity index (χ0n) is 27.6. The van der Waals surface area contributed by atoms with E-state index in [1.165, 1.54) is 11.7 Å². The van der Waals surface area contributed by atoms with E-state index in [0.717, 1.165) is 37.4 Å². The second kappa shape index (κ2) is 14.4. The van der Waals surface area contributed by atoms with Gasteiger partial charge in [0, 0.05) is 76.0 Å². The number of carbonyl (C=O) groups is 3. The molecule has 0 atom stereocenters. The Morgan fingerprint density at radius 1 is 0.896 bits per heavy atom. The molecule has 0 radical (unpaired) electrons. The number of fused-ring (bicyclic) bond motifs is 1. The van der Waals surface area contributed by atoms with E-state index >= 15 is 0 Å². The summed E-state index contributed by atoms with van der Waals surface area (Å²) in [6, 6.07) is 21.3. The topological polar surface area (TPSA) is 123 Å². The first kappa shape index (κ1) is 32.9. The lowest BCUT2D eigenvalue weighted by Crippen LogP contribution is -2.48. The number of piperazine rings is 2. The Kier molecular flexibility index (Phi) is 9.85. The van der Waals surface area contributed by atoms with E-state index < -0.39 is 12.0 Å². The standard InChI is InChI=1S/C36H41N7O5/c1-39-19-21-41(22-20-39)24-31(44)40(2)28-12-10-27(11-13-28)38-33(25-7-5-4-6-8-25)32-29-14-9-26(35(46)48-3)23-30(29)43(34(32)45)36(47)42-17-15-37-16-18-42/h4-14,23,37,45H,15-22,24H2,1-3H3. The highest BCUT2D eigenvalue weighted by atomic mass is 16.5. The fourth-order valence-corrected chi connectivity index (χ4v) is 6.13. The van der Waals surface area contributed by atoms with E-state index in [1.807, 2.05) is 54.6 Å². The second-order valence-corrected chi connectivity index (χ2v) is 12.2. The fourth-order valence-electron chi connectivity index (χ4n) is 6.13. The average molecular weight is 652 g/mol. The summed E-state index contributed by atoms with van der Waals surface area (Å²) < 4.78 is 6.21. The number of hydrogen-bond acceptors (Lipinski definition) is 9. The van der Waals surface area contributed by atoms with Gasteiger partial charge in [-0.1, -0.05) is 36.4 Å². The predicted octanol–water partition coefficient (Wildman–Crippen LogP) is 3.39. The average Bonchev–Trinajstić information content (AvgIpc) is 3.41. The molecule has 3 heterocycles. The van der Waals surface area contributed by atoms with Crippen LogP contribution in [0.3, 0.4) is 0 Å². The van der Waals surface area contributed by atoms with E-state index in [9.17, 15) is 19.5 Å². The Labute approximate surface area is 279 Å². The van der Waals surface area contributed by atoms with Gasteiger partial charge in [0.2, 0.25) is 11.8 Å². The van der Waals surface area contributed by atoms with E-state index in [-0.39, 0.29) is 17.4 Å². The molecule has 0 bridgehead atoms. The molecule has 4 aromatic rings. The Hall–Kier alpha value is -5.04. The number of aromatic hydroxyl groups is 1. The van der Waals surface area contributed by atoms with Crippen LogP contribution < -0.4 is 10.2 Å². The van der Waals surface area contributed by atoms with Crippen LogP contribution in [0, 0.1) is 0 Å². The first-order valence-corrected chi connectivity index (χ1v) is 16.1. The summed E-state index contributed by atoms with van der Waals surface area (Å²) in [6.45, 7) is 6.18. The number of ether oxygens (including phenoxy) is 1. The quantitative estimate of drug-likeness (QED) is 0.231. The summed E-state index contributed by atoms with van der Waals surface area (Å²) in [5.74, 6) is -0.813.